The van der Waals surface area contributed by atoms with Gasteiger partial charge in [0.05, 0.1) is 0 Å². The third-order valence-electron chi connectivity index (χ3n) is 4.48. The van der Waals surface area contributed by atoms with E-state index in [9.17, 15) is 8.78 Å². The Morgan fingerprint density at radius 2 is 1.80 bits per heavy atom. The Balaban J connectivity index is 2.22. The first-order valence-corrected chi connectivity index (χ1v) is 7.44. The van der Waals surface area contributed by atoms with E-state index in [1.807, 2.05) is 0 Å². The Labute approximate surface area is 120 Å². The minimum atomic E-state index is -2.41. The van der Waals surface area contributed by atoms with Crippen molar-refractivity contribution >= 4 is 0 Å². The molecular weight excluding hydrogens is 258 g/mol. The first-order chi connectivity index (χ1) is 9.58. The second-order valence-corrected chi connectivity index (χ2v) is 5.65. The Kier molecular flexibility index (Phi) is 5.11. The molecular formula is C16H24F2N2. The maximum atomic E-state index is 12.6. The Morgan fingerprint density at radius 3 is 2.30 bits per heavy atom. The predicted octanol–water partition coefficient (Wildman–Crippen LogP) is 3.89. The van der Waals surface area contributed by atoms with Crippen LogP contribution in [0.5, 0.6) is 0 Å². The highest BCUT2D eigenvalue weighted by Gasteiger charge is 2.34. The summed E-state index contributed by atoms with van der Waals surface area (Å²) in [6.07, 6.45) is 1.08. The summed E-state index contributed by atoms with van der Waals surface area (Å²) < 4.78 is 25.3. The lowest BCUT2D eigenvalue weighted by Crippen LogP contribution is -2.41. The van der Waals surface area contributed by atoms with Gasteiger partial charge in [-0.2, -0.15) is 0 Å². The van der Waals surface area contributed by atoms with Crippen molar-refractivity contribution in [1.29, 1.82) is 0 Å². The van der Waals surface area contributed by atoms with E-state index in [0.717, 1.165) is 12.0 Å². The van der Waals surface area contributed by atoms with Crippen molar-refractivity contribution in [1.82, 2.24) is 4.90 Å². The molecule has 0 radical (unpaired) electrons. The van der Waals surface area contributed by atoms with Crippen LogP contribution in [0, 0.1) is 0 Å². The highest BCUT2D eigenvalue weighted by atomic mass is 19.3. The molecule has 1 aliphatic heterocycles. The molecule has 1 aliphatic rings. The van der Waals surface area contributed by atoms with Gasteiger partial charge in [-0.3, -0.25) is 4.90 Å². The number of nitrogens with two attached hydrogens (primary N) is 1. The van der Waals surface area contributed by atoms with Crippen LogP contribution in [0.15, 0.2) is 24.3 Å². The van der Waals surface area contributed by atoms with Crippen LogP contribution >= 0.6 is 0 Å². The van der Waals surface area contributed by atoms with Crippen molar-refractivity contribution in [3.05, 3.63) is 35.4 Å². The Hall–Kier alpha value is -1.00. The van der Waals surface area contributed by atoms with Gasteiger partial charge in [-0.05, 0) is 31.7 Å². The summed E-state index contributed by atoms with van der Waals surface area (Å²) in [6.45, 7) is 4.95. The van der Waals surface area contributed by atoms with Crippen LogP contribution < -0.4 is 5.73 Å². The average Bonchev–Trinajstić information content (AvgIpc) is 2.82. The van der Waals surface area contributed by atoms with Crippen molar-refractivity contribution in [3.8, 4) is 0 Å². The van der Waals surface area contributed by atoms with E-state index < -0.39 is 6.43 Å². The molecule has 0 bridgehead atoms. The second-order valence-electron chi connectivity index (χ2n) is 5.65. The van der Waals surface area contributed by atoms with E-state index in [2.05, 4.69) is 18.7 Å². The van der Waals surface area contributed by atoms with Crippen LogP contribution in [-0.2, 0) is 0 Å². The molecule has 1 fully saturated rings. The highest BCUT2D eigenvalue weighted by molar-refractivity contribution is 5.26. The molecule has 112 valence electrons. The Bertz CT molecular complexity index is 419. The zero-order valence-corrected chi connectivity index (χ0v) is 12.2. The van der Waals surface area contributed by atoms with Crippen molar-refractivity contribution < 1.29 is 8.78 Å². The molecule has 0 aliphatic carbocycles. The largest absolute Gasteiger partial charge is 0.329 e. The fourth-order valence-corrected chi connectivity index (χ4v) is 3.36. The number of halogens is 2. The lowest BCUT2D eigenvalue weighted by Gasteiger charge is -2.35. The molecule has 0 aromatic heterocycles. The van der Waals surface area contributed by atoms with E-state index in [0.29, 0.717) is 18.6 Å². The average molecular weight is 282 g/mol. The van der Waals surface area contributed by atoms with Gasteiger partial charge in [-0.15, -0.1) is 0 Å². The maximum Gasteiger partial charge on any atom is 0.263 e. The van der Waals surface area contributed by atoms with Crippen LogP contribution in [0.3, 0.4) is 0 Å². The van der Waals surface area contributed by atoms with Gasteiger partial charge in [0.1, 0.15) is 0 Å². The topological polar surface area (TPSA) is 29.3 Å². The molecule has 2 N–H and O–H groups in total. The molecule has 0 spiro atoms. The summed E-state index contributed by atoms with van der Waals surface area (Å²) >= 11 is 0. The molecule has 2 nitrogen and oxygen atoms in total. The number of benzene rings is 1. The molecule has 3 unspecified atom stereocenters. The fraction of sp³-hybridized carbons (Fsp3) is 0.625. The minimum Gasteiger partial charge on any atom is -0.329 e. The maximum absolute atomic E-state index is 12.6. The standard InChI is InChI=1S/C16H24F2N2/c1-3-14-9-4-11(2)20(14)15(10-19)12-5-7-13(8-6-12)16(17)18/h5-8,11,14-16H,3-4,9-10,19H2,1-2H3. The van der Waals surface area contributed by atoms with Gasteiger partial charge in [0.15, 0.2) is 0 Å². The van der Waals surface area contributed by atoms with Crippen molar-refractivity contribution in [3.63, 3.8) is 0 Å². The highest BCUT2D eigenvalue weighted by Crippen LogP contribution is 2.35. The quantitative estimate of drug-likeness (QED) is 0.888. The number of nitrogens with zero attached hydrogens (tertiary/aromatic N) is 1. The first kappa shape index (κ1) is 15.4. The first-order valence-electron chi connectivity index (χ1n) is 7.44. The molecule has 20 heavy (non-hydrogen) atoms. The van der Waals surface area contributed by atoms with Crippen LogP contribution in [0.4, 0.5) is 8.78 Å². The van der Waals surface area contributed by atoms with Gasteiger partial charge >= 0.3 is 0 Å². The van der Waals surface area contributed by atoms with E-state index in [-0.39, 0.29) is 11.6 Å². The SMILES string of the molecule is CCC1CCC(C)N1C(CN)c1ccc(C(F)F)cc1. The number of hydrogen-bond acceptors (Lipinski definition) is 2. The van der Waals surface area contributed by atoms with Gasteiger partial charge in [-0.1, -0.05) is 31.2 Å². The molecule has 3 atom stereocenters. The number of rotatable bonds is 5. The number of alkyl halides is 2. The normalized spacial score (nSPS) is 25.3. The van der Waals surface area contributed by atoms with Crippen LogP contribution in [0.25, 0.3) is 0 Å². The Morgan fingerprint density at radius 1 is 1.20 bits per heavy atom. The molecule has 1 aromatic carbocycles. The lowest BCUT2D eigenvalue weighted by molar-refractivity contribution is 0.136. The summed E-state index contributed by atoms with van der Waals surface area (Å²) in [5, 5.41) is 0. The summed E-state index contributed by atoms with van der Waals surface area (Å²) in [6, 6.07) is 7.82. The van der Waals surface area contributed by atoms with E-state index in [4.69, 9.17) is 5.73 Å². The molecule has 0 saturated carbocycles. The van der Waals surface area contributed by atoms with Crippen LogP contribution in [-0.4, -0.2) is 23.5 Å². The van der Waals surface area contributed by atoms with Crippen LogP contribution in [0.1, 0.15) is 56.7 Å². The third-order valence-corrected chi connectivity index (χ3v) is 4.48. The van der Waals surface area contributed by atoms with Crippen molar-refractivity contribution in [2.45, 2.75) is 57.7 Å². The fourth-order valence-electron chi connectivity index (χ4n) is 3.36. The smallest absolute Gasteiger partial charge is 0.263 e. The summed E-state index contributed by atoms with van der Waals surface area (Å²) in [5.74, 6) is 0. The van der Waals surface area contributed by atoms with Crippen LogP contribution in [0.2, 0.25) is 0 Å². The van der Waals surface area contributed by atoms with Gasteiger partial charge < -0.3 is 5.73 Å². The number of hydrogen-bond donors (Lipinski definition) is 1. The molecule has 0 amide bonds. The summed E-state index contributed by atoms with van der Waals surface area (Å²) in [4.78, 5) is 2.47. The molecule has 1 heterocycles. The monoisotopic (exact) mass is 282 g/mol. The zero-order chi connectivity index (χ0) is 14.7. The van der Waals surface area contributed by atoms with E-state index >= 15 is 0 Å². The summed E-state index contributed by atoms with van der Waals surface area (Å²) in [5.41, 5.74) is 7.09. The minimum absolute atomic E-state index is 0.0750. The summed E-state index contributed by atoms with van der Waals surface area (Å²) in [7, 11) is 0. The predicted molar refractivity (Wildman–Crippen MR) is 77.8 cm³/mol. The van der Waals surface area contributed by atoms with Crippen molar-refractivity contribution in [2.24, 2.45) is 5.73 Å². The van der Waals surface area contributed by atoms with Crippen molar-refractivity contribution in [2.75, 3.05) is 6.54 Å². The van der Waals surface area contributed by atoms with Gasteiger partial charge in [-0.25, -0.2) is 8.78 Å². The van der Waals surface area contributed by atoms with E-state index in [1.165, 1.54) is 25.0 Å². The number of likely N-dealkylation sites (tertiary alicyclic amines) is 1. The molecule has 2 rings (SSSR count). The lowest BCUT2D eigenvalue weighted by atomic mass is 10.0. The third kappa shape index (κ3) is 3.01. The molecule has 1 saturated heterocycles. The molecule has 4 heteroatoms. The van der Waals surface area contributed by atoms with Gasteiger partial charge in [0, 0.05) is 30.2 Å². The molecule has 1 aromatic rings. The zero-order valence-electron chi connectivity index (χ0n) is 12.2. The second kappa shape index (κ2) is 6.64. The van der Waals surface area contributed by atoms with Gasteiger partial charge in [0.25, 0.3) is 6.43 Å². The van der Waals surface area contributed by atoms with Gasteiger partial charge in [0.2, 0.25) is 0 Å². The van der Waals surface area contributed by atoms with E-state index in [1.54, 1.807) is 12.1 Å².